The second-order valence-corrected chi connectivity index (χ2v) is 6.16. The Kier molecular flexibility index (Phi) is 12.6. The number of carbonyl (C=O) groups excluding carboxylic acids is 1. The van der Waals surface area contributed by atoms with Gasteiger partial charge in [-0.05, 0) is 44.3 Å². The second-order valence-electron chi connectivity index (χ2n) is 6.16. The number of Topliss-reactive ketones (excluding diaryl/α,β-unsaturated/α-hetero) is 1. The average Bonchev–Trinajstić information content (AvgIpc) is 2.62. The number of ketones is 1. The molecule has 0 aliphatic rings. The van der Waals surface area contributed by atoms with E-state index >= 15 is 0 Å². The number of halogens is 1. The largest absolute Gasteiger partial charge is 0.503 e. The van der Waals surface area contributed by atoms with E-state index in [1.807, 2.05) is 13.8 Å². The third-order valence-electron chi connectivity index (χ3n) is 3.70. The van der Waals surface area contributed by atoms with Gasteiger partial charge in [-0.15, -0.1) is 6.58 Å². The van der Waals surface area contributed by atoms with Crippen LogP contribution in [-0.4, -0.2) is 22.3 Å². The monoisotopic (exact) mass is 361 g/mol. The molecule has 0 aliphatic heterocycles. The van der Waals surface area contributed by atoms with Crippen LogP contribution >= 0.6 is 0 Å². The summed E-state index contributed by atoms with van der Waals surface area (Å²) < 4.78 is 13.5. The number of aliphatic hydroxyl groups is 1. The van der Waals surface area contributed by atoms with Gasteiger partial charge in [0.15, 0.2) is 11.5 Å². The highest BCUT2D eigenvalue weighted by atomic mass is 19.1. The van der Waals surface area contributed by atoms with E-state index in [4.69, 9.17) is 0 Å². The normalized spacial score (nSPS) is 14.0. The SMILES string of the molecule is C=CCCC(=C)N(/C=C(/O)C(=O)CC)CC(C)C/C=C/C(F)=C\C=C/C. The van der Waals surface area contributed by atoms with Crippen LogP contribution in [0, 0.1) is 5.92 Å². The summed E-state index contributed by atoms with van der Waals surface area (Å²) in [5, 5.41) is 9.94. The van der Waals surface area contributed by atoms with Gasteiger partial charge in [-0.2, -0.15) is 0 Å². The maximum absolute atomic E-state index is 13.5. The van der Waals surface area contributed by atoms with Gasteiger partial charge in [0.2, 0.25) is 0 Å². The number of aliphatic hydroxyl groups excluding tert-OH is 1. The molecule has 26 heavy (non-hydrogen) atoms. The molecule has 0 spiro atoms. The Balaban J connectivity index is 4.99. The minimum atomic E-state index is -0.310. The van der Waals surface area contributed by atoms with E-state index in [0.29, 0.717) is 19.4 Å². The van der Waals surface area contributed by atoms with Gasteiger partial charge in [0, 0.05) is 24.9 Å². The highest BCUT2D eigenvalue weighted by Gasteiger charge is 2.13. The molecule has 144 valence electrons. The molecule has 0 amide bonds. The molecule has 0 saturated heterocycles. The maximum atomic E-state index is 13.5. The molecule has 0 fully saturated rings. The van der Waals surface area contributed by atoms with E-state index in [-0.39, 0.29) is 29.7 Å². The molecule has 0 aromatic carbocycles. The standard InChI is InChI=1S/C22H32FNO2/c1-6-9-13-19(5)24(17-22(26)21(25)8-3)16-18(4)12-11-15-20(23)14-10-7-2/h6-7,10-11,14-15,17-18,26H,1,5,8-9,12-13,16H2,2-4H3/b10-7-,15-11+,20-14+,22-17+. The van der Waals surface area contributed by atoms with Crippen molar-refractivity contribution in [1.82, 2.24) is 4.90 Å². The third kappa shape index (κ3) is 10.5. The zero-order valence-electron chi connectivity index (χ0n) is 16.2. The molecule has 0 aliphatic carbocycles. The number of nitrogens with zero attached hydrogens (tertiary/aromatic N) is 1. The summed E-state index contributed by atoms with van der Waals surface area (Å²) in [7, 11) is 0. The van der Waals surface area contributed by atoms with Gasteiger partial charge >= 0.3 is 0 Å². The van der Waals surface area contributed by atoms with Crippen molar-refractivity contribution in [1.29, 1.82) is 0 Å². The lowest BCUT2D eigenvalue weighted by molar-refractivity contribution is -0.117. The molecule has 3 nitrogen and oxygen atoms in total. The minimum Gasteiger partial charge on any atom is -0.503 e. The molecule has 0 rings (SSSR count). The zero-order valence-corrected chi connectivity index (χ0v) is 16.2. The Labute approximate surface area is 157 Å². The summed E-state index contributed by atoms with van der Waals surface area (Å²) in [6.07, 6.45) is 13.7. The van der Waals surface area contributed by atoms with Crippen molar-refractivity contribution < 1.29 is 14.3 Å². The molecule has 0 bridgehead atoms. The van der Waals surface area contributed by atoms with E-state index in [9.17, 15) is 14.3 Å². The molecule has 4 heteroatoms. The average molecular weight is 362 g/mol. The smallest absolute Gasteiger partial charge is 0.198 e. The minimum absolute atomic E-state index is 0.182. The van der Waals surface area contributed by atoms with Crippen LogP contribution in [0.5, 0.6) is 0 Å². The van der Waals surface area contributed by atoms with Crippen molar-refractivity contribution in [2.24, 2.45) is 5.92 Å². The van der Waals surface area contributed by atoms with Crippen LogP contribution in [0.4, 0.5) is 4.39 Å². The van der Waals surface area contributed by atoms with Crippen LogP contribution in [0.3, 0.4) is 0 Å². The molecule has 1 N–H and O–H groups in total. The van der Waals surface area contributed by atoms with Gasteiger partial charge in [0.05, 0.1) is 0 Å². The van der Waals surface area contributed by atoms with E-state index in [2.05, 4.69) is 13.2 Å². The fraction of sp³-hybridized carbons (Fsp3) is 0.409. The lowest BCUT2D eigenvalue weighted by Crippen LogP contribution is -2.24. The Bertz CT molecular complexity index is 585. The lowest BCUT2D eigenvalue weighted by Gasteiger charge is -2.26. The van der Waals surface area contributed by atoms with E-state index in [1.165, 1.54) is 18.4 Å². The lowest BCUT2D eigenvalue weighted by atomic mass is 10.1. The Morgan fingerprint density at radius 3 is 2.65 bits per heavy atom. The van der Waals surface area contributed by atoms with Crippen molar-refractivity contribution in [2.45, 2.75) is 46.5 Å². The number of allylic oxidation sites excluding steroid dienone is 9. The van der Waals surface area contributed by atoms with Crippen LogP contribution < -0.4 is 0 Å². The quantitative estimate of drug-likeness (QED) is 0.185. The Morgan fingerprint density at radius 1 is 1.38 bits per heavy atom. The molecule has 0 radical (unpaired) electrons. The molecule has 0 aromatic rings. The van der Waals surface area contributed by atoms with Gasteiger partial charge in [0.1, 0.15) is 5.83 Å². The van der Waals surface area contributed by atoms with E-state index < -0.39 is 0 Å². The van der Waals surface area contributed by atoms with Gasteiger partial charge in [-0.3, -0.25) is 4.79 Å². The number of rotatable bonds is 13. The molecule has 1 unspecified atom stereocenters. The summed E-state index contributed by atoms with van der Waals surface area (Å²) in [6.45, 7) is 13.9. The number of carbonyl (C=O) groups is 1. The number of hydrogen-bond donors (Lipinski definition) is 1. The van der Waals surface area contributed by atoms with Crippen LogP contribution in [0.2, 0.25) is 0 Å². The highest BCUT2D eigenvalue weighted by molar-refractivity contribution is 5.92. The maximum Gasteiger partial charge on any atom is 0.198 e. The second kappa shape index (κ2) is 13.9. The molecule has 0 aromatic heterocycles. The van der Waals surface area contributed by atoms with Gasteiger partial charge in [-0.1, -0.05) is 44.7 Å². The predicted octanol–water partition coefficient (Wildman–Crippen LogP) is 6.16. The summed E-state index contributed by atoms with van der Waals surface area (Å²) in [6, 6.07) is 0. The predicted molar refractivity (Wildman–Crippen MR) is 108 cm³/mol. The summed E-state index contributed by atoms with van der Waals surface area (Å²) in [5.41, 5.74) is 0.801. The van der Waals surface area contributed by atoms with E-state index in [1.54, 1.807) is 36.1 Å². The topological polar surface area (TPSA) is 40.5 Å². The van der Waals surface area contributed by atoms with Gasteiger partial charge in [0.25, 0.3) is 0 Å². The molecule has 1 atom stereocenters. The van der Waals surface area contributed by atoms with Gasteiger partial charge < -0.3 is 10.0 Å². The number of hydrogen-bond acceptors (Lipinski definition) is 3. The fourth-order valence-electron chi connectivity index (χ4n) is 2.15. The first-order chi connectivity index (χ1) is 12.3. The fourth-order valence-corrected chi connectivity index (χ4v) is 2.15. The van der Waals surface area contributed by atoms with Crippen LogP contribution in [-0.2, 0) is 4.79 Å². The van der Waals surface area contributed by atoms with Crippen molar-refractivity contribution in [3.63, 3.8) is 0 Å². The van der Waals surface area contributed by atoms with Crippen molar-refractivity contribution in [2.75, 3.05) is 6.54 Å². The molecule has 0 saturated carbocycles. The highest BCUT2D eigenvalue weighted by Crippen LogP contribution is 2.17. The van der Waals surface area contributed by atoms with Crippen molar-refractivity contribution in [3.05, 3.63) is 73.1 Å². The van der Waals surface area contributed by atoms with Crippen molar-refractivity contribution >= 4 is 5.78 Å². The van der Waals surface area contributed by atoms with E-state index in [0.717, 1.165) is 12.1 Å². The first-order valence-electron chi connectivity index (χ1n) is 8.99. The van der Waals surface area contributed by atoms with Crippen molar-refractivity contribution in [3.8, 4) is 0 Å². The van der Waals surface area contributed by atoms with Crippen LogP contribution in [0.1, 0.15) is 46.5 Å². The zero-order chi connectivity index (χ0) is 19.9. The first-order valence-corrected chi connectivity index (χ1v) is 8.99. The summed E-state index contributed by atoms with van der Waals surface area (Å²) >= 11 is 0. The Morgan fingerprint density at radius 2 is 2.08 bits per heavy atom. The summed E-state index contributed by atoms with van der Waals surface area (Å²) in [5.74, 6) is -0.693. The summed E-state index contributed by atoms with van der Waals surface area (Å²) in [4.78, 5) is 13.5. The van der Waals surface area contributed by atoms with Crippen LogP contribution in [0.15, 0.2) is 73.1 Å². The third-order valence-corrected chi connectivity index (χ3v) is 3.70. The Hall–Kier alpha value is -2.36. The molecular weight excluding hydrogens is 329 g/mol. The van der Waals surface area contributed by atoms with Gasteiger partial charge in [-0.25, -0.2) is 4.39 Å². The molecular formula is C22H32FNO2. The van der Waals surface area contributed by atoms with Crippen LogP contribution in [0.25, 0.3) is 0 Å². The first kappa shape index (κ1) is 23.6. The molecule has 0 heterocycles.